The molecule has 0 aromatic heterocycles. The topological polar surface area (TPSA) is 3.24 Å². The van der Waals surface area contributed by atoms with Crippen molar-refractivity contribution in [2.45, 2.75) is 18.3 Å². The van der Waals surface area contributed by atoms with E-state index >= 15 is 0 Å². The predicted octanol–water partition coefficient (Wildman–Crippen LogP) is 4.38. The Labute approximate surface area is 130 Å². The van der Waals surface area contributed by atoms with Gasteiger partial charge in [0.1, 0.15) is 0 Å². The molecule has 0 N–H and O–H groups in total. The highest BCUT2D eigenvalue weighted by Gasteiger charge is 2.36. The van der Waals surface area contributed by atoms with Crippen LogP contribution in [0.5, 0.6) is 0 Å². The van der Waals surface area contributed by atoms with Crippen molar-refractivity contribution in [1.29, 1.82) is 0 Å². The molecule has 1 fully saturated rings. The monoisotopic (exact) mass is 306 g/mol. The summed E-state index contributed by atoms with van der Waals surface area (Å²) in [6, 6.07) is 10.6. The SMILES string of the molecule is ClC1=CC=CC(Cl)[C]1C1CCN(Cc2ccccc2)C1. The number of nitrogens with zero attached hydrogens (tertiary/aromatic N) is 1. The molecule has 105 valence electrons. The van der Waals surface area contributed by atoms with Crippen molar-refractivity contribution in [3.63, 3.8) is 0 Å². The van der Waals surface area contributed by atoms with Crippen LogP contribution in [0.4, 0.5) is 0 Å². The number of hydrogen-bond acceptors (Lipinski definition) is 1. The van der Waals surface area contributed by atoms with Crippen LogP contribution in [0.15, 0.2) is 53.6 Å². The number of allylic oxidation sites excluding steroid dienone is 4. The van der Waals surface area contributed by atoms with E-state index in [0.717, 1.165) is 31.1 Å². The number of benzene rings is 1. The lowest BCUT2D eigenvalue weighted by Gasteiger charge is -2.27. The van der Waals surface area contributed by atoms with Crippen LogP contribution >= 0.6 is 23.2 Å². The van der Waals surface area contributed by atoms with Crippen molar-refractivity contribution in [3.05, 3.63) is 65.1 Å². The third-order valence-corrected chi connectivity index (χ3v) is 4.78. The molecule has 1 heterocycles. The molecule has 1 aromatic carbocycles. The van der Waals surface area contributed by atoms with Crippen LogP contribution in [-0.4, -0.2) is 23.4 Å². The van der Waals surface area contributed by atoms with Crippen LogP contribution in [-0.2, 0) is 6.54 Å². The van der Waals surface area contributed by atoms with Crippen molar-refractivity contribution in [2.75, 3.05) is 13.1 Å². The maximum Gasteiger partial charge on any atom is 0.0637 e. The molecule has 20 heavy (non-hydrogen) atoms. The second kappa shape index (κ2) is 6.34. The van der Waals surface area contributed by atoms with Gasteiger partial charge < -0.3 is 0 Å². The normalized spacial score (nSPS) is 27.8. The van der Waals surface area contributed by atoms with Crippen LogP contribution in [0, 0.1) is 11.8 Å². The number of halogens is 2. The predicted molar refractivity (Wildman–Crippen MR) is 85.8 cm³/mol. The molecule has 3 rings (SSSR count). The lowest BCUT2D eigenvalue weighted by atomic mass is 9.86. The Morgan fingerprint density at radius 2 is 2.00 bits per heavy atom. The zero-order valence-corrected chi connectivity index (χ0v) is 12.8. The largest absolute Gasteiger partial charge is 0.299 e. The number of hydrogen-bond donors (Lipinski definition) is 0. The Kier molecular flexibility index (Phi) is 4.50. The Morgan fingerprint density at radius 1 is 1.20 bits per heavy atom. The van der Waals surface area contributed by atoms with Gasteiger partial charge in [-0.2, -0.15) is 0 Å². The van der Waals surface area contributed by atoms with E-state index in [9.17, 15) is 0 Å². The van der Waals surface area contributed by atoms with E-state index in [4.69, 9.17) is 23.2 Å². The van der Waals surface area contributed by atoms with Gasteiger partial charge in [0.15, 0.2) is 0 Å². The van der Waals surface area contributed by atoms with Crippen molar-refractivity contribution in [2.24, 2.45) is 5.92 Å². The Morgan fingerprint density at radius 3 is 2.75 bits per heavy atom. The zero-order chi connectivity index (χ0) is 13.9. The van der Waals surface area contributed by atoms with Crippen LogP contribution in [0.1, 0.15) is 12.0 Å². The van der Waals surface area contributed by atoms with E-state index in [1.807, 2.05) is 18.2 Å². The number of likely N-dealkylation sites (tertiary alicyclic amines) is 1. The average molecular weight is 307 g/mol. The van der Waals surface area contributed by atoms with Crippen molar-refractivity contribution in [1.82, 2.24) is 4.90 Å². The molecule has 0 saturated carbocycles. The molecular weight excluding hydrogens is 289 g/mol. The summed E-state index contributed by atoms with van der Waals surface area (Å²) in [6.45, 7) is 3.17. The molecule has 1 aliphatic heterocycles. The fourth-order valence-electron chi connectivity index (χ4n) is 3.06. The van der Waals surface area contributed by atoms with Crippen LogP contribution < -0.4 is 0 Å². The summed E-state index contributed by atoms with van der Waals surface area (Å²) in [6.07, 6.45) is 7.06. The van der Waals surface area contributed by atoms with E-state index < -0.39 is 0 Å². The van der Waals surface area contributed by atoms with Gasteiger partial charge in [-0.15, -0.1) is 11.6 Å². The average Bonchev–Trinajstić information content (AvgIpc) is 2.88. The number of alkyl halides is 1. The summed E-state index contributed by atoms with van der Waals surface area (Å²) in [5.74, 6) is 1.68. The van der Waals surface area contributed by atoms with Gasteiger partial charge in [0.25, 0.3) is 0 Å². The van der Waals surface area contributed by atoms with E-state index in [1.165, 1.54) is 11.5 Å². The van der Waals surface area contributed by atoms with Gasteiger partial charge >= 0.3 is 0 Å². The first kappa shape index (κ1) is 14.2. The molecule has 2 unspecified atom stereocenters. The molecule has 1 radical (unpaired) electrons. The maximum atomic E-state index is 6.40. The second-order valence-electron chi connectivity index (χ2n) is 5.46. The molecule has 0 bridgehead atoms. The van der Waals surface area contributed by atoms with E-state index in [-0.39, 0.29) is 5.38 Å². The van der Waals surface area contributed by atoms with Gasteiger partial charge in [-0.25, -0.2) is 0 Å². The van der Waals surface area contributed by atoms with Crippen LogP contribution in [0.3, 0.4) is 0 Å². The Bertz CT molecular complexity index is 509. The molecular formula is C17H18Cl2N. The van der Waals surface area contributed by atoms with Gasteiger partial charge in [-0.1, -0.05) is 54.1 Å². The van der Waals surface area contributed by atoms with E-state index in [0.29, 0.717) is 5.92 Å². The quantitative estimate of drug-likeness (QED) is 0.749. The molecule has 1 saturated heterocycles. The fraction of sp³-hybridized carbons (Fsp3) is 0.353. The lowest BCUT2D eigenvalue weighted by Crippen LogP contribution is -2.26. The van der Waals surface area contributed by atoms with Gasteiger partial charge in [0.05, 0.1) is 5.38 Å². The third kappa shape index (κ3) is 3.11. The minimum absolute atomic E-state index is 0.0471. The Balaban J connectivity index is 1.62. The molecule has 2 atom stereocenters. The molecule has 3 heteroatoms. The second-order valence-corrected chi connectivity index (χ2v) is 6.34. The van der Waals surface area contributed by atoms with Gasteiger partial charge in [-0.05, 0) is 30.5 Å². The Hall–Kier alpha value is -0.760. The maximum absolute atomic E-state index is 6.40. The molecule has 2 aliphatic rings. The van der Waals surface area contributed by atoms with Crippen molar-refractivity contribution >= 4 is 23.2 Å². The van der Waals surface area contributed by atoms with Gasteiger partial charge in [-0.3, -0.25) is 4.90 Å². The zero-order valence-electron chi connectivity index (χ0n) is 11.3. The first-order chi connectivity index (χ1) is 9.74. The first-order valence-electron chi connectivity index (χ1n) is 7.05. The minimum Gasteiger partial charge on any atom is -0.299 e. The summed E-state index contributed by atoms with van der Waals surface area (Å²) >= 11 is 12.7. The van der Waals surface area contributed by atoms with E-state index in [1.54, 1.807) is 0 Å². The van der Waals surface area contributed by atoms with E-state index in [2.05, 4.69) is 35.2 Å². The van der Waals surface area contributed by atoms with Crippen molar-refractivity contribution < 1.29 is 0 Å². The number of rotatable bonds is 3. The lowest BCUT2D eigenvalue weighted by molar-refractivity contribution is 0.319. The summed E-state index contributed by atoms with van der Waals surface area (Å²) in [5, 5.41) is 0.785. The summed E-state index contributed by atoms with van der Waals surface area (Å²) in [7, 11) is 0. The first-order valence-corrected chi connectivity index (χ1v) is 7.87. The summed E-state index contributed by atoms with van der Waals surface area (Å²) in [5.41, 5.74) is 1.37. The molecule has 1 aromatic rings. The highest BCUT2D eigenvalue weighted by atomic mass is 35.5. The molecule has 0 spiro atoms. The highest BCUT2D eigenvalue weighted by molar-refractivity contribution is 6.34. The van der Waals surface area contributed by atoms with Crippen molar-refractivity contribution in [3.8, 4) is 0 Å². The molecule has 1 aliphatic carbocycles. The highest BCUT2D eigenvalue weighted by Crippen LogP contribution is 2.40. The standard InChI is InChI=1S/C17H18Cl2N/c18-15-7-4-8-16(19)17(15)14-9-10-20(12-14)11-13-5-2-1-3-6-13/h1-8,14-15H,9-12H2. The summed E-state index contributed by atoms with van der Waals surface area (Å²) < 4.78 is 0. The van der Waals surface area contributed by atoms with Gasteiger partial charge in [0.2, 0.25) is 0 Å². The molecule has 0 amide bonds. The smallest absolute Gasteiger partial charge is 0.0637 e. The van der Waals surface area contributed by atoms with Crippen LogP contribution in [0.25, 0.3) is 0 Å². The van der Waals surface area contributed by atoms with Gasteiger partial charge in [0, 0.05) is 24.0 Å². The molecule has 1 nitrogen and oxygen atoms in total. The fourth-order valence-corrected chi connectivity index (χ4v) is 3.84. The van der Waals surface area contributed by atoms with Crippen LogP contribution in [0.2, 0.25) is 0 Å². The third-order valence-electron chi connectivity index (χ3n) is 4.06. The minimum atomic E-state index is -0.0471. The summed E-state index contributed by atoms with van der Waals surface area (Å²) in [4.78, 5) is 2.49.